The zero-order valence-corrected chi connectivity index (χ0v) is 58.1. The monoisotopic (exact) mass is 1530 g/mol. The normalized spacial score (nSPS) is 15.8. The molecule has 0 radical (unpaired) electrons. The molecule has 0 saturated carbocycles. The lowest BCUT2D eigenvalue weighted by Gasteiger charge is -2.26. The van der Waals surface area contributed by atoms with Crippen LogP contribution in [-0.2, 0) is 19.2 Å². The molecule has 38 heteroatoms. The summed E-state index contributed by atoms with van der Waals surface area (Å²) in [5.41, 5.74) is 1.34. The summed E-state index contributed by atoms with van der Waals surface area (Å²) < 4.78 is 192. The molecule has 3 atom stereocenters. The van der Waals surface area contributed by atoms with Crippen molar-refractivity contribution < 1.29 is 103 Å². The highest BCUT2D eigenvalue weighted by Crippen LogP contribution is 2.33. The second-order valence-electron chi connectivity index (χ2n) is 24.6. The molecule has 0 aliphatic carbocycles. The van der Waals surface area contributed by atoms with E-state index in [0.717, 1.165) is 23.5 Å². The van der Waals surface area contributed by atoms with Crippen molar-refractivity contribution in [3.8, 4) is 68.5 Å². The van der Waals surface area contributed by atoms with Crippen molar-refractivity contribution in [1.29, 1.82) is 0 Å². The van der Waals surface area contributed by atoms with Crippen molar-refractivity contribution in [2.45, 2.75) is 101 Å². The summed E-state index contributed by atoms with van der Waals surface area (Å²) in [5.74, 6) is -0.645. The van der Waals surface area contributed by atoms with Crippen molar-refractivity contribution in [3.63, 3.8) is 0 Å². The summed E-state index contributed by atoms with van der Waals surface area (Å²) in [4.78, 5) is 86.4. The van der Waals surface area contributed by atoms with Gasteiger partial charge in [-0.15, -0.1) is 0 Å². The van der Waals surface area contributed by atoms with Crippen LogP contribution in [0.3, 0.4) is 0 Å². The van der Waals surface area contributed by atoms with Gasteiger partial charge in [0, 0.05) is 57.1 Å². The van der Waals surface area contributed by atoms with E-state index >= 15 is 0 Å². The lowest BCUT2D eigenvalue weighted by Crippen LogP contribution is -2.50. The van der Waals surface area contributed by atoms with Crippen LogP contribution in [0.2, 0.25) is 0 Å². The van der Waals surface area contributed by atoms with Crippen LogP contribution < -0.4 is 55.5 Å². The smallest absolute Gasteiger partial charge is 0.405 e. The molecule has 582 valence electrons. The fourth-order valence-corrected chi connectivity index (χ4v) is 11.0. The number of methoxy groups -OCH3 is 3. The number of rotatable bonds is 20. The molecule has 108 heavy (non-hydrogen) atoms. The van der Waals surface area contributed by atoms with Crippen molar-refractivity contribution in [2.24, 2.45) is 0 Å². The number of anilines is 4. The molecule has 0 bridgehead atoms. The van der Waals surface area contributed by atoms with E-state index in [9.17, 15) is 85.8 Å². The second-order valence-corrected chi connectivity index (χ2v) is 24.6. The molecule has 8 aromatic rings. The predicted octanol–water partition coefficient (Wildman–Crippen LogP) is 11.9. The van der Waals surface area contributed by atoms with Gasteiger partial charge in [-0.3, -0.25) is 19.2 Å². The molecular weight excluding hydrogens is 1460 g/mol. The lowest BCUT2D eigenvalue weighted by molar-refractivity contribution is -0.140. The van der Waals surface area contributed by atoms with Gasteiger partial charge in [0.1, 0.15) is 84.5 Å². The lowest BCUT2D eigenvalue weighted by atomic mass is 10.0. The van der Waals surface area contributed by atoms with Gasteiger partial charge in [0.2, 0.25) is 23.6 Å². The first-order chi connectivity index (χ1) is 51.0. The molecule has 3 saturated heterocycles. The minimum absolute atomic E-state index is 0. The number of hydrogen-bond acceptors (Lipinski definition) is 20. The molecule has 4 aromatic heterocycles. The number of aromatic hydroxyl groups is 1. The first kappa shape index (κ1) is 82.2. The average Bonchev–Trinajstić information content (AvgIpc) is 1.56. The number of nitrogens with zero attached hydrogens (tertiary/aromatic N) is 11. The van der Waals surface area contributed by atoms with E-state index in [0.29, 0.717) is 103 Å². The standard InChI is InChI=1S/C18H18F4N4O2.C18H19F3N4O2.C17H16F4N4O2.C17H19F3N4O2.2H2/c1-28-12-6-4-11(5-7-12)15-23-9-13(19)16(25-15)26-8-2-3-14(26)17(27)24-10-18(20,21)22;1-27-13-6-4-12(5-7-13)16-22-9-8-15(24-16)25-10-2-3-14(25)17(26)23-11-18(19,20)21;18-12-8-22-14(10-3-5-11(26)6-4-10)24-15(12)25-7-1-2-13(25)16(27)23-9-17(19,20)21;1-16(2,15(25)22-10-17(18,19)20)24-13-8-9-21-14(23-13)11-4-6-12(26-3)7-5-11;;/h4-7,9,14H,2-3,8,10H2,1H3,(H,24,27);4-9,14H,2-3,10-11H2,1H3,(H,23,26);3-6,8,13,26H,1-2,7,9H2,(H,23,27);4-9H,10H2,1-3H3,(H,22,25)(H,21,23,24);2*1H/t2*14-;13-;;;/m111.../s1. The fourth-order valence-electron chi connectivity index (χ4n) is 11.0. The number of benzene rings is 4. The summed E-state index contributed by atoms with van der Waals surface area (Å²) in [6, 6.07) is 27.7. The number of alkyl halides is 12. The second kappa shape index (κ2) is 36.2. The van der Waals surface area contributed by atoms with Crippen molar-refractivity contribution in [3.05, 3.63) is 146 Å². The van der Waals surface area contributed by atoms with E-state index in [1.165, 1.54) is 55.2 Å². The van der Waals surface area contributed by atoms with Gasteiger partial charge in [-0.1, -0.05) is 0 Å². The Morgan fingerprint density at radius 1 is 0.444 bits per heavy atom. The van der Waals surface area contributed by atoms with Crippen LogP contribution in [-0.4, -0.2) is 184 Å². The van der Waals surface area contributed by atoms with Crippen molar-refractivity contribution in [2.75, 3.05) is 87.2 Å². The van der Waals surface area contributed by atoms with E-state index < -0.39 is 110 Å². The first-order valence-corrected chi connectivity index (χ1v) is 32.9. The molecule has 11 rings (SSSR count). The van der Waals surface area contributed by atoms with Gasteiger partial charge in [0.05, 0.1) is 33.7 Å². The van der Waals surface area contributed by atoms with Crippen molar-refractivity contribution >= 4 is 46.9 Å². The molecular formula is C70H76F14N16O8. The minimum Gasteiger partial charge on any atom is -0.508 e. The molecule has 3 fully saturated rings. The first-order valence-electron chi connectivity index (χ1n) is 32.9. The van der Waals surface area contributed by atoms with Crippen molar-refractivity contribution in [1.82, 2.24) is 61.1 Å². The quantitative estimate of drug-likeness (QED) is 0.0387. The number of halogens is 14. The number of amides is 4. The summed E-state index contributed by atoms with van der Waals surface area (Å²) in [7, 11) is 4.66. The van der Waals surface area contributed by atoms with Crippen LogP contribution >= 0.6 is 0 Å². The number of aromatic nitrogens is 8. The van der Waals surface area contributed by atoms with E-state index in [1.54, 1.807) is 104 Å². The summed E-state index contributed by atoms with van der Waals surface area (Å²) in [5, 5.41) is 19.7. The van der Waals surface area contributed by atoms with Gasteiger partial charge in [0.15, 0.2) is 46.6 Å². The Hall–Kier alpha value is -11.5. The third-order valence-electron chi connectivity index (χ3n) is 16.3. The zero-order valence-electron chi connectivity index (χ0n) is 58.1. The van der Waals surface area contributed by atoms with Gasteiger partial charge in [0.25, 0.3) is 0 Å². The SMILES string of the molecule is COc1ccc(-c2ncc(F)c(N3CCC[C@@H]3C(=O)NCC(F)(F)F)n2)cc1.COc1ccc(-c2nccc(N3CCC[C@@H]3C(=O)NCC(F)(F)F)n2)cc1.COc1ccc(-c2nccc(NC(C)(C)C(=O)NCC(F)(F)F)n2)cc1.O=C(NCC(F)(F)F)[C@H]1CCCN1c1nc(-c2ccc(O)cc2)ncc1F.[HH].[HH]. The van der Waals surface area contributed by atoms with Crippen LogP contribution in [0.1, 0.15) is 55.2 Å². The van der Waals surface area contributed by atoms with E-state index in [1.807, 2.05) is 33.4 Å². The summed E-state index contributed by atoms with van der Waals surface area (Å²) in [6.45, 7) is -1.53. The Balaban J connectivity index is 0.000000228. The average molecular weight is 1540 g/mol. The van der Waals surface area contributed by atoms with Gasteiger partial charge in [-0.05, 0) is 162 Å². The third-order valence-corrected chi connectivity index (χ3v) is 16.3. The maximum atomic E-state index is 14.4. The van der Waals surface area contributed by atoms with Gasteiger partial charge < -0.3 is 60.6 Å². The van der Waals surface area contributed by atoms with Crippen LogP contribution in [0, 0.1) is 11.6 Å². The topological polar surface area (TPSA) is 289 Å². The number of hydrogen-bond donors (Lipinski definition) is 6. The Kier molecular flexibility index (Phi) is 27.5. The van der Waals surface area contributed by atoms with Crippen LogP contribution in [0.4, 0.5) is 84.7 Å². The Morgan fingerprint density at radius 2 is 0.769 bits per heavy atom. The number of phenols is 1. The number of nitrogens with one attached hydrogen (secondary N) is 5. The Bertz CT molecular complexity index is 4330. The predicted molar refractivity (Wildman–Crippen MR) is 370 cm³/mol. The van der Waals surface area contributed by atoms with Gasteiger partial charge >= 0.3 is 24.7 Å². The summed E-state index contributed by atoms with van der Waals surface area (Å²) >= 11 is 0. The number of carbonyl (C=O) groups excluding carboxylic acids is 4. The third kappa shape index (κ3) is 24.0. The number of ether oxygens (including phenoxy) is 3. The molecule has 4 amide bonds. The highest BCUT2D eigenvalue weighted by Gasteiger charge is 2.40. The van der Waals surface area contributed by atoms with Crippen LogP contribution in [0.25, 0.3) is 45.6 Å². The Labute approximate surface area is 611 Å². The van der Waals surface area contributed by atoms with Crippen LogP contribution in [0.5, 0.6) is 23.0 Å². The molecule has 0 unspecified atom stereocenters. The largest absolute Gasteiger partial charge is 0.508 e. The number of carbonyl (C=O) groups is 4. The van der Waals surface area contributed by atoms with E-state index in [4.69, 9.17) is 14.2 Å². The maximum absolute atomic E-state index is 14.4. The van der Waals surface area contributed by atoms with E-state index in [2.05, 4.69) is 45.2 Å². The van der Waals surface area contributed by atoms with Crippen LogP contribution in [0.15, 0.2) is 134 Å². The van der Waals surface area contributed by atoms with Gasteiger partial charge in [-0.25, -0.2) is 48.7 Å². The molecule has 3 aliphatic rings. The number of phenolic OH excluding ortho intramolecular Hbond substituents is 1. The molecule has 0 spiro atoms. The molecule has 7 heterocycles. The zero-order chi connectivity index (χ0) is 78.7. The fraction of sp³-hybridized carbons (Fsp3) is 0.371. The maximum Gasteiger partial charge on any atom is 0.405 e. The summed E-state index contributed by atoms with van der Waals surface area (Å²) in [6.07, 6.45) is -10.1. The van der Waals surface area contributed by atoms with E-state index in [-0.39, 0.29) is 38.4 Å². The molecule has 24 nitrogen and oxygen atoms in total. The molecule has 6 N–H and O–H groups in total. The molecule has 4 aromatic carbocycles. The minimum atomic E-state index is -4.52. The Morgan fingerprint density at radius 3 is 1.14 bits per heavy atom. The highest BCUT2D eigenvalue weighted by molar-refractivity contribution is 5.89. The van der Waals surface area contributed by atoms with Gasteiger partial charge in [-0.2, -0.15) is 52.7 Å². The highest BCUT2D eigenvalue weighted by atomic mass is 19.4. The molecule has 3 aliphatic heterocycles.